The van der Waals surface area contributed by atoms with Crippen molar-refractivity contribution in [3.63, 3.8) is 0 Å². The van der Waals surface area contributed by atoms with E-state index in [1.165, 1.54) is 12.8 Å². The number of aryl methyl sites for hydroxylation is 1. The predicted octanol–water partition coefficient (Wildman–Crippen LogP) is 2.40. The first-order valence-corrected chi connectivity index (χ1v) is 8.17. The maximum Gasteiger partial charge on any atom is 0.255 e. The van der Waals surface area contributed by atoms with Crippen molar-refractivity contribution < 1.29 is 4.79 Å². The molecule has 1 aliphatic carbocycles. The molecule has 0 aromatic carbocycles. The first kappa shape index (κ1) is 16.4. The largest absolute Gasteiger partial charge is 0.347 e. The van der Waals surface area contributed by atoms with Crippen molar-refractivity contribution in [3.05, 3.63) is 47.0 Å². The fourth-order valence-electron chi connectivity index (χ4n) is 2.62. The van der Waals surface area contributed by atoms with Crippen LogP contribution < -0.4 is 4.90 Å². The van der Waals surface area contributed by atoms with E-state index in [0.717, 1.165) is 17.0 Å². The number of nitrogens with zero attached hydrogens (tertiary/aromatic N) is 5. The third-order valence-electron chi connectivity index (χ3n) is 4.19. The van der Waals surface area contributed by atoms with E-state index in [1.807, 2.05) is 38.1 Å². The number of hydrogen-bond donors (Lipinski definition) is 0. The average Bonchev–Trinajstić information content (AvgIpc) is 3.39. The van der Waals surface area contributed by atoms with Gasteiger partial charge in [-0.2, -0.15) is 0 Å². The van der Waals surface area contributed by atoms with E-state index >= 15 is 0 Å². The van der Waals surface area contributed by atoms with E-state index in [9.17, 15) is 4.79 Å². The maximum absolute atomic E-state index is 12.7. The van der Waals surface area contributed by atoms with E-state index in [1.54, 1.807) is 24.3 Å². The minimum atomic E-state index is -0.0287. The molecule has 2 aromatic rings. The number of amides is 1. The Hall–Kier alpha value is -2.50. The van der Waals surface area contributed by atoms with Crippen LogP contribution in [0.1, 0.15) is 46.1 Å². The SMILES string of the molecule is Cc1nc(C2CC2)ccc1C(=O)N(C)Cc1cnc(N(C)C)nc1. The molecule has 2 heterocycles. The molecular weight excluding hydrogens is 302 g/mol. The lowest BCUT2D eigenvalue weighted by Crippen LogP contribution is -2.27. The highest BCUT2D eigenvalue weighted by molar-refractivity contribution is 5.95. The standard InChI is InChI=1S/C18H23N5O/c1-12-15(7-8-16(21-12)14-5-6-14)17(24)23(4)11-13-9-19-18(20-10-13)22(2)3/h7-10,14H,5-6,11H2,1-4H3. The molecule has 0 spiro atoms. The molecule has 0 N–H and O–H groups in total. The molecule has 24 heavy (non-hydrogen) atoms. The molecule has 0 aliphatic heterocycles. The van der Waals surface area contributed by atoms with Gasteiger partial charge in [0.05, 0.1) is 11.3 Å². The summed E-state index contributed by atoms with van der Waals surface area (Å²) in [5.74, 6) is 1.22. The summed E-state index contributed by atoms with van der Waals surface area (Å²) in [5.41, 5.74) is 3.47. The fourth-order valence-corrected chi connectivity index (χ4v) is 2.62. The van der Waals surface area contributed by atoms with Crippen molar-refractivity contribution in [2.24, 2.45) is 0 Å². The first-order valence-electron chi connectivity index (χ1n) is 8.17. The third kappa shape index (κ3) is 3.53. The molecule has 1 amide bonds. The molecule has 0 radical (unpaired) electrons. The zero-order chi connectivity index (χ0) is 17.3. The van der Waals surface area contributed by atoms with Crippen LogP contribution in [0.15, 0.2) is 24.5 Å². The van der Waals surface area contributed by atoms with Crippen LogP contribution >= 0.6 is 0 Å². The second-order valence-corrected chi connectivity index (χ2v) is 6.59. The summed E-state index contributed by atoms with van der Waals surface area (Å²) in [4.78, 5) is 29.4. The van der Waals surface area contributed by atoms with Crippen LogP contribution in [0.3, 0.4) is 0 Å². The summed E-state index contributed by atoms with van der Waals surface area (Å²) in [6.07, 6.45) is 5.94. The van der Waals surface area contributed by atoms with Crippen LogP contribution in [0, 0.1) is 6.92 Å². The second-order valence-electron chi connectivity index (χ2n) is 6.59. The Morgan fingerprint density at radius 2 is 1.83 bits per heavy atom. The van der Waals surface area contributed by atoms with E-state index in [0.29, 0.717) is 24.0 Å². The molecule has 0 atom stereocenters. The van der Waals surface area contributed by atoms with Crippen LogP contribution in [0.4, 0.5) is 5.95 Å². The summed E-state index contributed by atoms with van der Waals surface area (Å²) in [7, 11) is 5.58. The number of rotatable bonds is 5. The number of anilines is 1. The monoisotopic (exact) mass is 325 g/mol. The van der Waals surface area contributed by atoms with E-state index in [2.05, 4.69) is 15.0 Å². The molecule has 1 fully saturated rings. The summed E-state index contributed by atoms with van der Waals surface area (Å²) in [6.45, 7) is 2.37. The quantitative estimate of drug-likeness (QED) is 0.845. The van der Waals surface area contributed by atoms with Crippen molar-refractivity contribution >= 4 is 11.9 Å². The fraction of sp³-hybridized carbons (Fsp3) is 0.444. The van der Waals surface area contributed by atoms with E-state index in [4.69, 9.17) is 0 Å². The van der Waals surface area contributed by atoms with Gasteiger partial charge in [-0.1, -0.05) is 0 Å². The first-order chi connectivity index (χ1) is 11.5. The molecule has 0 saturated heterocycles. The molecule has 0 unspecified atom stereocenters. The van der Waals surface area contributed by atoms with Crippen molar-refractivity contribution in [3.8, 4) is 0 Å². The highest BCUT2D eigenvalue weighted by atomic mass is 16.2. The zero-order valence-electron chi connectivity index (χ0n) is 14.7. The van der Waals surface area contributed by atoms with Gasteiger partial charge < -0.3 is 9.80 Å². The van der Waals surface area contributed by atoms with Gasteiger partial charge in [0.1, 0.15) is 0 Å². The second kappa shape index (κ2) is 6.55. The number of carbonyl (C=O) groups is 1. The summed E-state index contributed by atoms with van der Waals surface area (Å²) >= 11 is 0. The summed E-state index contributed by atoms with van der Waals surface area (Å²) in [6, 6.07) is 3.89. The van der Waals surface area contributed by atoms with Crippen LogP contribution in [-0.2, 0) is 6.54 Å². The van der Waals surface area contributed by atoms with Crippen LogP contribution in [0.25, 0.3) is 0 Å². The minimum Gasteiger partial charge on any atom is -0.347 e. The Labute approximate surface area is 142 Å². The molecule has 6 nitrogen and oxygen atoms in total. The van der Waals surface area contributed by atoms with Crippen molar-refractivity contribution in [2.75, 3.05) is 26.0 Å². The summed E-state index contributed by atoms with van der Waals surface area (Å²) in [5, 5.41) is 0. The smallest absolute Gasteiger partial charge is 0.255 e. The van der Waals surface area contributed by atoms with Crippen LogP contribution in [0.5, 0.6) is 0 Å². The average molecular weight is 325 g/mol. The Balaban J connectivity index is 1.70. The van der Waals surface area contributed by atoms with Gasteiger partial charge in [-0.25, -0.2) is 9.97 Å². The van der Waals surface area contributed by atoms with Crippen LogP contribution in [-0.4, -0.2) is 46.9 Å². The number of hydrogen-bond acceptors (Lipinski definition) is 5. The highest BCUT2D eigenvalue weighted by Gasteiger charge is 2.26. The number of pyridine rings is 1. The van der Waals surface area contributed by atoms with Gasteiger partial charge >= 0.3 is 0 Å². The topological polar surface area (TPSA) is 62.2 Å². The van der Waals surface area contributed by atoms with Crippen molar-refractivity contribution in [1.82, 2.24) is 19.9 Å². The molecule has 126 valence electrons. The van der Waals surface area contributed by atoms with Gasteiger partial charge in [0.25, 0.3) is 5.91 Å². The van der Waals surface area contributed by atoms with E-state index in [-0.39, 0.29) is 5.91 Å². The lowest BCUT2D eigenvalue weighted by Gasteiger charge is -2.18. The van der Waals surface area contributed by atoms with Gasteiger partial charge in [0.15, 0.2) is 0 Å². The Bertz CT molecular complexity index is 738. The maximum atomic E-state index is 12.7. The van der Waals surface area contributed by atoms with Gasteiger partial charge in [-0.05, 0) is 31.9 Å². The Morgan fingerprint density at radius 1 is 1.17 bits per heavy atom. The molecule has 6 heteroatoms. The third-order valence-corrected chi connectivity index (χ3v) is 4.19. The molecule has 3 rings (SSSR count). The normalized spacial score (nSPS) is 13.7. The van der Waals surface area contributed by atoms with Gasteiger partial charge in [0, 0.05) is 57.3 Å². The van der Waals surface area contributed by atoms with Crippen LogP contribution in [0.2, 0.25) is 0 Å². The molecule has 2 aromatic heterocycles. The van der Waals surface area contributed by atoms with Crippen molar-refractivity contribution in [2.45, 2.75) is 32.2 Å². The van der Waals surface area contributed by atoms with Gasteiger partial charge in [-0.3, -0.25) is 9.78 Å². The van der Waals surface area contributed by atoms with Crippen molar-refractivity contribution in [1.29, 1.82) is 0 Å². The predicted molar refractivity (Wildman–Crippen MR) is 93.1 cm³/mol. The highest BCUT2D eigenvalue weighted by Crippen LogP contribution is 2.39. The number of aromatic nitrogens is 3. The van der Waals surface area contributed by atoms with Gasteiger partial charge in [-0.15, -0.1) is 0 Å². The molecule has 0 bridgehead atoms. The lowest BCUT2D eigenvalue weighted by atomic mass is 10.1. The Kier molecular flexibility index (Phi) is 4.46. The molecule has 1 aliphatic rings. The lowest BCUT2D eigenvalue weighted by molar-refractivity contribution is 0.0783. The number of carbonyl (C=O) groups excluding carboxylic acids is 1. The molecule has 1 saturated carbocycles. The zero-order valence-corrected chi connectivity index (χ0v) is 14.7. The van der Waals surface area contributed by atoms with E-state index < -0.39 is 0 Å². The Morgan fingerprint density at radius 3 is 2.38 bits per heavy atom. The summed E-state index contributed by atoms with van der Waals surface area (Å²) < 4.78 is 0. The van der Waals surface area contributed by atoms with Gasteiger partial charge in [0.2, 0.25) is 5.95 Å². The minimum absolute atomic E-state index is 0.0287. The molecular formula is C18H23N5O.